The Balaban J connectivity index is 0. The van der Waals surface area contributed by atoms with Gasteiger partial charge in [0, 0.05) is 44.9 Å². The van der Waals surface area contributed by atoms with Crippen LogP contribution in [0.3, 0.4) is 0 Å². The summed E-state index contributed by atoms with van der Waals surface area (Å²) < 4.78 is 0. The van der Waals surface area contributed by atoms with Crippen molar-refractivity contribution < 1.29 is 57.3 Å². The summed E-state index contributed by atoms with van der Waals surface area (Å²) in [7, 11) is 0. The molecule has 2 N–H and O–H groups in total. The van der Waals surface area contributed by atoms with Crippen LogP contribution in [-0.2, 0) is 47.1 Å². The van der Waals surface area contributed by atoms with Crippen LogP contribution in [0.4, 0.5) is 0 Å². The van der Waals surface area contributed by atoms with Crippen LogP contribution >= 0.6 is 0 Å². The van der Waals surface area contributed by atoms with Crippen LogP contribution in [0.1, 0.15) is 40.0 Å². The van der Waals surface area contributed by atoms with Gasteiger partial charge < -0.3 is 21.4 Å². The monoisotopic (exact) mass is 332 g/mol. The SMILES string of the molecule is CC(C)(C)[CH-]C(=O)CC(CCC(=O)O)C(=O)O.[Y]. The minimum Gasteiger partial charge on any atom is -0.481 e. The quantitative estimate of drug-likeness (QED) is 0.693. The summed E-state index contributed by atoms with van der Waals surface area (Å²) in [4.78, 5) is 32.8. The fraction of sp³-hybridized carbons (Fsp3) is 0.667. The maximum Gasteiger partial charge on any atom is 0.306 e. The van der Waals surface area contributed by atoms with E-state index >= 15 is 0 Å². The molecule has 0 rings (SSSR count). The van der Waals surface area contributed by atoms with Gasteiger partial charge in [0.1, 0.15) is 0 Å². The van der Waals surface area contributed by atoms with Crippen molar-refractivity contribution in [3.63, 3.8) is 0 Å². The van der Waals surface area contributed by atoms with Crippen molar-refractivity contribution >= 4 is 17.7 Å². The van der Waals surface area contributed by atoms with E-state index in [1.807, 2.05) is 20.8 Å². The summed E-state index contributed by atoms with van der Waals surface area (Å²) in [6.07, 6.45) is 1.08. The van der Waals surface area contributed by atoms with Crippen LogP contribution in [0.5, 0.6) is 0 Å². The molecule has 101 valence electrons. The normalized spacial score (nSPS) is 12.2. The Morgan fingerprint density at radius 2 is 1.67 bits per heavy atom. The fourth-order valence-corrected chi connectivity index (χ4v) is 1.40. The van der Waals surface area contributed by atoms with Gasteiger partial charge in [-0.05, 0) is 12.8 Å². The van der Waals surface area contributed by atoms with Crippen LogP contribution in [0.25, 0.3) is 0 Å². The van der Waals surface area contributed by atoms with Crippen LogP contribution < -0.4 is 0 Å². The summed E-state index contributed by atoms with van der Waals surface area (Å²) in [6, 6.07) is 0. The topological polar surface area (TPSA) is 91.7 Å². The molecule has 1 atom stereocenters. The summed E-state index contributed by atoms with van der Waals surface area (Å²) in [6.45, 7) is 5.54. The minimum atomic E-state index is -1.12. The first kappa shape index (κ1) is 19.9. The fourth-order valence-electron chi connectivity index (χ4n) is 1.40. The largest absolute Gasteiger partial charge is 0.481 e. The summed E-state index contributed by atoms with van der Waals surface area (Å²) in [5.41, 5.74) is -0.299. The first-order valence-electron chi connectivity index (χ1n) is 5.45. The molecular weight excluding hydrogens is 313 g/mol. The second-order valence-electron chi connectivity index (χ2n) is 5.15. The Morgan fingerprint density at radius 1 is 1.17 bits per heavy atom. The number of rotatable bonds is 7. The van der Waals surface area contributed by atoms with Gasteiger partial charge in [-0.25, -0.2) is 0 Å². The molecule has 0 heterocycles. The molecule has 6 heteroatoms. The van der Waals surface area contributed by atoms with Gasteiger partial charge in [-0.1, -0.05) is 20.8 Å². The van der Waals surface area contributed by atoms with Gasteiger partial charge >= 0.3 is 11.9 Å². The molecule has 0 aromatic heterocycles. The van der Waals surface area contributed by atoms with E-state index < -0.39 is 17.9 Å². The predicted molar refractivity (Wildman–Crippen MR) is 61.4 cm³/mol. The van der Waals surface area contributed by atoms with E-state index in [0.29, 0.717) is 0 Å². The molecule has 0 bridgehead atoms. The van der Waals surface area contributed by atoms with E-state index in [9.17, 15) is 14.4 Å². The molecule has 0 aromatic carbocycles. The molecule has 1 radical (unpaired) electrons. The first-order valence-corrected chi connectivity index (χ1v) is 5.45. The van der Waals surface area contributed by atoms with E-state index in [-0.39, 0.29) is 63.2 Å². The number of carbonyl (C=O) groups is 3. The maximum atomic E-state index is 11.6. The zero-order valence-electron chi connectivity index (χ0n) is 11.0. The molecule has 18 heavy (non-hydrogen) atoms. The number of carboxylic acid groups (broad SMARTS) is 2. The van der Waals surface area contributed by atoms with Crippen molar-refractivity contribution in [1.82, 2.24) is 0 Å². The van der Waals surface area contributed by atoms with Crippen molar-refractivity contribution in [1.29, 1.82) is 0 Å². The van der Waals surface area contributed by atoms with Crippen molar-refractivity contribution in [2.45, 2.75) is 40.0 Å². The number of carbonyl (C=O) groups excluding carboxylic acids is 1. The van der Waals surface area contributed by atoms with Gasteiger partial charge in [0.25, 0.3) is 0 Å². The Bertz CT molecular complexity index is 306. The zero-order chi connectivity index (χ0) is 13.6. The maximum absolute atomic E-state index is 11.6. The molecule has 0 aliphatic carbocycles. The van der Waals surface area contributed by atoms with Crippen LogP contribution in [0.15, 0.2) is 0 Å². The molecule has 1 unspecified atom stereocenters. The molecule has 0 amide bonds. The van der Waals surface area contributed by atoms with E-state index in [1.165, 1.54) is 6.42 Å². The van der Waals surface area contributed by atoms with Crippen molar-refractivity contribution in [2.75, 3.05) is 0 Å². The van der Waals surface area contributed by atoms with Crippen molar-refractivity contribution in [3.8, 4) is 0 Å². The number of aliphatic carboxylic acids is 2. The second kappa shape index (κ2) is 8.65. The van der Waals surface area contributed by atoms with E-state index in [1.54, 1.807) is 0 Å². The first-order chi connectivity index (χ1) is 7.61. The van der Waals surface area contributed by atoms with Gasteiger partial charge in [-0.2, -0.15) is 0 Å². The van der Waals surface area contributed by atoms with Crippen LogP contribution in [0, 0.1) is 17.8 Å². The third-order valence-electron chi connectivity index (χ3n) is 2.10. The zero-order valence-corrected chi connectivity index (χ0v) is 13.8. The molecular formula is C12H19O5Y-. The number of ketones is 1. The molecule has 0 aromatic rings. The summed E-state index contributed by atoms with van der Waals surface area (Å²) in [5.74, 6) is -3.35. The van der Waals surface area contributed by atoms with Crippen molar-refractivity contribution in [3.05, 3.63) is 6.42 Å². The number of carboxylic acids is 2. The third kappa shape index (κ3) is 10.7. The standard InChI is InChI=1S/C12H19O5.Y/c1-12(2,3)7-9(13)6-8(11(16)17)4-5-10(14)15;/h7-8H,4-6H2,1-3H3,(H,14,15)(H,16,17);/q-1;. The van der Waals surface area contributed by atoms with E-state index in [2.05, 4.69) is 0 Å². The van der Waals surface area contributed by atoms with Gasteiger partial charge in [-0.15, -0.1) is 5.41 Å². The van der Waals surface area contributed by atoms with Crippen LogP contribution in [0.2, 0.25) is 0 Å². The van der Waals surface area contributed by atoms with Crippen molar-refractivity contribution in [2.24, 2.45) is 11.3 Å². The Morgan fingerprint density at radius 3 is 2.00 bits per heavy atom. The van der Waals surface area contributed by atoms with Gasteiger partial charge in [0.2, 0.25) is 0 Å². The second-order valence-corrected chi connectivity index (χ2v) is 5.15. The minimum absolute atomic E-state index is 0. The van der Waals surface area contributed by atoms with E-state index in [4.69, 9.17) is 10.2 Å². The van der Waals surface area contributed by atoms with Gasteiger partial charge in [-0.3, -0.25) is 9.59 Å². The predicted octanol–water partition coefficient (Wildman–Crippen LogP) is 1.76. The number of hydrogen-bond donors (Lipinski definition) is 2. The van der Waals surface area contributed by atoms with Gasteiger partial charge in [0.05, 0.1) is 5.92 Å². The third-order valence-corrected chi connectivity index (χ3v) is 2.10. The molecule has 0 fully saturated rings. The number of Topliss-reactive ketones (excluding diaryl/α,β-unsaturated/α-hetero) is 1. The number of hydrogen-bond acceptors (Lipinski definition) is 3. The molecule has 0 spiro atoms. The summed E-state index contributed by atoms with van der Waals surface area (Å²) >= 11 is 0. The smallest absolute Gasteiger partial charge is 0.306 e. The molecule has 5 nitrogen and oxygen atoms in total. The molecule has 0 aliphatic rings. The Hall–Kier alpha value is -0.416. The molecule has 0 saturated heterocycles. The molecule has 0 saturated carbocycles. The van der Waals surface area contributed by atoms with Gasteiger partial charge in [0.15, 0.2) is 0 Å². The Labute approximate surface area is 132 Å². The average molecular weight is 332 g/mol. The Kier molecular flexibility index (Phi) is 9.56. The summed E-state index contributed by atoms with van der Waals surface area (Å²) in [5, 5.41) is 17.4. The van der Waals surface area contributed by atoms with E-state index in [0.717, 1.165) is 0 Å². The van der Waals surface area contributed by atoms with Crippen LogP contribution in [-0.4, -0.2) is 27.9 Å². The average Bonchev–Trinajstić information content (AvgIpc) is 2.08. The molecule has 0 aliphatic heterocycles.